The lowest BCUT2D eigenvalue weighted by Gasteiger charge is -2.28. The van der Waals surface area contributed by atoms with E-state index in [1.807, 2.05) is 26.8 Å². The number of hydrogen-bond acceptors (Lipinski definition) is 2. The van der Waals surface area contributed by atoms with Gasteiger partial charge in [0.2, 0.25) is 0 Å². The Kier molecular flexibility index (Phi) is 3.62. The lowest BCUT2D eigenvalue weighted by Crippen LogP contribution is -2.32. The summed E-state index contributed by atoms with van der Waals surface area (Å²) in [7, 11) is 0. The lowest BCUT2D eigenvalue weighted by atomic mass is 9.87. The zero-order chi connectivity index (χ0) is 13.3. The van der Waals surface area contributed by atoms with Gasteiger partial charge < -0.3 is 10.0 Å². The van der Waals surface area contributed by atoms with Crippen molar-refractivity contribution in [2.75, 3.05) is 18.0 Å². The van der Waals surface area contributed by atoms with Gasteiger partial charge in [-0.05, 0) is 36.0 Å². The van der Waals surface area contributed by atoms with Crippen LogP contribution in [-0.2, 0) is 6.42 Å². The van der Waals surface area contributed by atoms with E-state index in [4.69, 9.17) is 0 Å². The summed E-state index contributed by atoms with van der Waals surface area (Å²) >= 11 is 0. The molecule has 1 heterocycles. The molecule has 1 aliphatic heterocycles. The molecule has 1 aromatic carbocycles. The largest absolute Gasteiger partial charge is 0.393 e. The normalized spacial score (nSPS) is 16.8. The number of nitrogens with zero attached hydrogens (tertiary/aromatic N) is 1. The summed E-state index contributed by atoms with van der Waals surface area (Å²) in [5.74, 6) is -0.183. The second-order valence-corrected chi connectivity index (χ2v) is 6.18. The minimum absolute atomic E-state index is 0.0928. The van der Waals surface area contributed by atoms with Crippen LogP contribution in [0.3, 0.4) is 0 Å². The number of fused-ring (bicyclic) bond motifs is 1. The Hall–Kier alpha value is -1.09. The number of halogens is 1. The average molecular weight is 251 g/mol. The van der Waals surface area contributed by atoms with E-state index < -0.39 is 0 Å². The first kappa shape index (κ1) is 13.3. The van der Waals surface area contributed by atoms with Gasteiger partial charge in [-0.15, -0.1) is 0 Å². The third-order valence-corrected chi connectivity index (χ3v) is 3.71. The van der Waals surface area contributed by atoms with Crippen molar-refractivity contribution in [1.29, 1.82) is 0 Å². The van der Waals surface area contributed by atoms with Crippen molar-refractivity contribution in [1.82, 2.24) is 0 Å². The maximum absolute atomic E-state index is 13.2. The molecule has 1 unspecified atom stereocenters. The second kappa shape index (κ2) is 4.88. The molecule has 3 heteroatoms. The summed E-state index contributed by atoms with van der Waals surface area (Å²) in [6.45, 7) is 7.82. The van der Waals surface area contributed by atoms with E-state index >= 15 is 0 Å². The monoisotopic (exact) mass is 251 g/mol. The Morgan fingerprint density at radius 1 is 1.39 bits per heavy atom. The fraction of sp³-hybridized carbons (Fsp3) is 0.600. The molecule has 1 aliphatic rings. The molecule has 1 atom stereocenters. The molecule has 1 N–H and O–H groups in total. The highest BCUT2D eigenvalue weighted by molar-refractivity contribution is 5.58. The fourth-order valence-corrected chi connectivity index (χ4v) is 2.36. The molecule has 0 spiro atoms. The Morgan fingerprint density at radius 3 is 2.78 bits per heavy atom. The number of aliphatic hydroxyl groups is 1. The minimum Gasteiger partial charge on any atom is -0.393 e. The Balaban J connectivity index is 2.00. The van der Waals surface area contributed by atoms with Crippen molar-refractivity contribution in [3.8, 4) is 0 Å². The Bertz CT molecular complexity index is 425. The van der Waals surface area contributed by atoms with E-state index in [-0.39, 0.29) is 17.3 Å². The second-order valence-electron chi connectivity index (χ2n) is 6.18. The van der Waals surface area contributed by atoms with Crippen LogP contribution in [0.4, 0.5) is 10.1 Å². The van der Waals surface area contributed by atoms with Gasteiger partial charge in [0.15, 0.2) is 0 Å². The van der Waals surface area contributed by atoms with Crippen molar-refractivity contribution in [3.63, 3.8) is 0 Å². The molecule has 100 valence electrons. The van der Waals surface area contributed by atoms with Crippen LogP contribution in [-0.4, -0.2) is 24.3 Å². The van der Waals surface area contributed by atoms with Crippen LogP contribution in [0.2, 0.25) is 0 Å². The summed E-state index contributed by atoms with van der Waals surface area (Å²) < 4.78 is 13.2. The molecular formula is C15H22FNO. The predicted molar refractivity (Wildman–Crippen MR) is 72.4 cm³/mol. The molecule has 0 radical (unpaired) electrons. The maximum atomic E-state index is 13.2. The molecule has 18 heavy (non-hydrogen) atoms. The molecule has 2 rings (SSSR count). The third kappa shape index (κ3) is 2.83. The Morgan fingerprint density at radius 2 is 2.11 bits per heavy atom. The van der Waals surface area contributed by atoms with Gasteiger partial charge in [0.05, 0.1) is 6.10 Å². The van der Waals surface area contributed by atoms with Crippen molar-refractivity contribution in [2.24, 2.45) is 5.41 Å². The number of benzene rings is 1. The van der Waals surface area contributed by atoms with Crippen LogP contribution in [0.25, 0.3) is 0 Å². The highest BCUT2D eigenvalue weighted by atomic mass is 19.1. The van der Waals surface area contributed by atoms with Gasteiger partial charge in [-0.1, -0.05) is 26.8 Å². The third-order valence-electron chi connectivity index (χ3n) is 3.71. The summed E-state index contributed by atoms with van der Waals surface area (Å²) in [6, 6.07) is 4.99. The minimum atomic E-state index is -0.324. The fourth-order valence-electron chi connectivity index (χ4n) is 2.36. The van der Waals surface area contributed by atoms with Crippen LogP contribution < -0.4 is 4.90 Å². The molecule has 0 fully saturated rings. The quantitative estimate of drug-likeness (QED) is 0.892. The number of anilines is 1. The first-order valence-corrected chi connectivity index (χ1v) is 6.59. The first-order valence-electron chi connectivity index (χ1n) is 6.59. The van der Waals surface area contributed by atoms with Gasteiger partial charge >= 0.3 is 0 Å². The van der Waals surface area contributed by atoms with E-state index in [0.717, 1.165) is 31.6 Å². The van der Waals surface area contributed by atoms with Gasteiger partial charge in [-0.2, -0.15) is 0 Å². The summed E-state index contributed by atoms with van der Waals surface area (Å²) in [4.78, 5) is 2.17. The smallest absolute Gasteiger partial charge is 0.125 e. The molecule has 0 bridgehead atoms. The van der Waals surface area contributed by atoms with Crippen LogP contribution >= 0.6 is 0 Å². The van der Waals surface area contributed by atoms with Crippen LogP contribution in [0.1, 0.15) is 32.8 Å². The van der Waals surface area contributed by atoms with Crippen molar-refractivity contribution >= 4 is 5.69 Å². The Labute approximate surface area is 108 Å². The summed E-state index contributed by atoms with van der Waals surface area (Å²) in [6.07, 6.45) is 1.37. The highest BCUT2D eigenvalue weighted by Crippen LogP contribution is 2.30. The molecule has 0 aliphatic carbocycles. The zero-order valence-corrected chi connectivity index (χ0v) is 11.4. The number of rotatable bonds is 3. The van der Waals surface area contributed by atoms with E-state index in [1.54, 1.807) is 6.07 Å². The maximum Gasteiger partial charge on any atom is 0.125 e. The van der Waals surface area contributed by atoms with Crippen LogP contribution in [0, 0.1) is 11.2 Å². The van der Waals surface area contributed by atoms with E-state index in [1.165, 1.54) is 11.6 Å². The molecule has 0 saturated heterocycles. The topological polar surface area (TPSA) is 23.5 Å². The zero-order valence-electron chi connectivity index (χ0n) is 11.4. The van der Waals surface area contributed by atoms with Gasteiger partial charge in [0.25, 0.3) is 0 Å². The van der Waals surface area contributed by atoms with Crippen molar-refractivity contribution in [2.45, 2.75) is 39.7 Å². The number of hydrogen-bond donors (Lipinski definition) is 1. The molecular weight excluding hydrogens is 229 g/mol. The molecule has 0 aromatic heterocycles. The highest BCUT2D eigenvalue weighted by Gasteiger charge is 2.25. The molecule has 0 saturated carbocycles. The van der Waals surface area contributed by atoms with Gasteiger partial charge in [-0.25, -0.2) is 4.39 Å². The summed E-state index contributed by atoms with van der Waals surface area (Å²) in [5, 5.41) is 10.0. The van der Waals surface area contributed by atoms with Crippen LogP contribution in [0.5, 0.6) is 0 Å². The molecule has 0 amide bonds. The lowest BCUT2D eigenvalue weighted by molar-refractivity contribution is 0.0575. The first-order chi connectivity index (χ1) is 8.38. The van der Waals surface area contributed by atoms with E-state index in [2.05, 4.69) is 4.90 Å². The summed E-state index contributed by atoms with van der Waals surface area (Å²) in [5.41, 5.74) is 2.11. The molecule has 1 aromatic rings. The average Bonchev–Trinajstić information content (AvgIpc) is 2.67. The SMILES string of the molecule is CC(C)(C)C(O)CCN1CCc2ccc(F)cc21. The predicted octanol–water partition coefficient (Wildman–Crippen LogP) is 2.99. The van der Waals surface area contributed by atoms with Crippen molar-refractivity contribution < 1.29 is 9.50 Å². The van der Waals surface area contributed by atoms with E-state index in [9.17, 15) is 9.50 Å². The van der Waals surface area contributed by atoms with Gasteiger partial charge in [-0.3, -0.25) is 0 Å². The van der Waals surface area contributed by atoms with Gasteiger partial charge in [0, 0.05) is 18.8 Å². The number of aliphatic hydroxyl groups excluding tert-OH is 1. The molecule has 2 nitrogen and oxygen atoms in total. The van der Waals surface area contributed by atoms with Crippen LogP contribution in [0.15, 0.2) is 18.2 Å². The van der Waals surface area contributed by atoms with E-state index in [0.29, 0.717) is 0 Å². The van der Waals surface area contributed by atoms with Gasteiger partial charge in [0.1, 0.15) is 5.82 Å². The standard InChI is InChI=1S/C15H22FNO/c1-15(2,3)14(18)7-9-17-8-6-11-4-5-12(16)10-13(11)17/h4-5,10,14,18H,6-9H2,1-3H3. The van der Waals surface area contributed by atoms with Crippen molar-refractivity contribution in [3.05, 3.63) is 29.6 Å².